The predicted octanol–water partition coefficient (Wildman–Crippen LogP) is 4.78. The van der Waals surface area contributed by atoms with Crippen molar-refractivity contribution in [1.82, 2.24) is 5.32 Å². The number of ketones is 1. The minimum absolute atomic E-state index is 0.109. The van der Waals surface area contributed by atoms with Gasteiger partial charge in [0, 0.05) is 17.7 Å². The minimum Gasteiger partial charge on any atom is -0.352 e. The summed E-state index contributed by atoms with van der Waals surface area (Å²) in [5, 5.41) is 3.05. The van der Waals surface area contributed by atoms with Crippen molar-refractivity contribution in [2.24, 2.45) is 11.8 Å². The average molecular weight is 349 g/mol. The van der Waals surface area contributed by atoms with Crippen molar-refractivity contribution in [3.63, 3.8) is 0 Å². The summed E-state index contributed by atoms with van der Waals surface area (Å²) in [6.07, 6.45) is 4.82. The second-order valence-electron chi connectivity index (χ2n) is 7.58. The maximum atomic E-state index is 12.8. The maximum absolute atomic E-state index is 12.8. The third kappa shape index (κ3) is 4.40. The van der Waals surface area contributed by atoms with E-state index in [0.29, 0.717) is 29.2 Å². The first kappa shape index (κ1) is 18.4. The van der Waals surface area contributed by atoms with Crippen LogP contribution in [0.3, 0.4) is 0 Å². The van der Waals surface area contributed by atoms with Gasteiger partial charge in [-0.15, -0.1) is 0 Å². The van der Waals surface area contributed by atoms with Crippen LogP contribution in [-0.4, -0.2) is 18.2 Å². The topological polar surface area (TPSA) is 46.2 Å². The van der Waals surface area contributed by atoms with E-state index in [2.05, 4.69) is 12.2 Å². The van der Waals surface area contributed by atoms with Crippen LogP contribution in [0.25, 0.3) is 0 Å². The van der Waals surface area contributed by atoms with Crippen LogP contribution in [0.2, 0.25) is 0 Å². The Morgan fingerprint density at radius 2 is 1.54 bits per heavy atom. The van der Waals surface area contributed by atoms with E-state index < -0.39 is 0 Å². The molecular formula is C23H27NO2. The van der Waals surface area contributed by atoms with Crippen LogP contribution in [0.15, 0.2) is 48.5 Å². The van der Waals surface area contributed by atoms with Crippen LogP contribution in [0.5, 0.6) is 0 Å². The van der Waals surface area contributed by atoms with Gasteiger partial charge in [-0.3, -0.25) is 9.59 Å². The summed E-state index contributed by atoms with van der Waals surface area (Å²) >= 11 is 0. The number of hydrogen-bond acceptors (Lipinski definition) is 2. The molecule has 1 N–H and O–H groups in total. The smallest absolute Gasteiger partial charge is 0.252 e. The molecule has 0 aliphatic heterocycles. The van der Waals surface area contributed by atoms with Crippen molar-refractivity contribution in [1.29, 1.82) is 0 Å². The van der Waals surface area contributed by atoms with E-state index in [1.165, 1.54) is 25.7 Å². The number of carbonyl (C=O) groups is 2. The first-order valence-electron chi connectivity index (χ1n) is 9.53. The van der Waals surface area contributed by atoms with E-state index in [1.807, 2.05) is 37.3 Å². The summed E-state index contributed by atoms with van der Waals surface area (Å²) in [5.41, 5.74) is 2.64. The van der Waals surface area contributed by atoms with Gasteiger partial charge in [0.1, 0.15) is 0 Å². The summed E-state index contributed by atoms with van der Waals surface area (Å²) < 4.78 is 0. The first-order valence-corrected chi connectivity index (χ1v) is 9.53. The SMILES string of the molecule is Cc1ccc(C(=O)c2ccccc2C(=O)NCC2CCC(C)CC2)cc1. The van der Waals surface area contributed by atoms with Crippen molar-refractivity contribution in [2.75, 3.05) is 6.54 Å². The van der Waals surface area contributed by atoms with Gasteiger partial charge in [-0.2, -0.15) is 0 Å². The molecule has 2 aromatic rings. The summed E-state index contributed by atoms with van der Waals surface area (Å²) in [5.74, 6) is 1.09. The van der Waals surface area contributed by atoms with Gasteiger partial charge in [-0.1, -0.05) is 67.8 Å². The molecule has 136 valence electrons. The number of carbonyl (C=O) groups excluding carboxylic acids is 2. The Hall–Kier alpha value is -2.42. The quantitative estimate of drug-likeness (QED) is 0.790. The van der Waals surface area contributed by atoms with E-state index in [1.54, 1.807) is 18.2 Å². The highest BCUT2D eigenvalue weighted by atomic mass is 16.2. The number of benzene rings is 2. The average Bonchev–Trinajstić information content (AvgIpc) is 2.67. The lowest BCUT2D eigenvalue weighted by atomic mass is 9.83. The molecule has 0 bridgehead atoms. The van der Waals surface area contributed by atoms with Crippen LogP contribution >= 0.6 is 0 Å². The van der Waals surface area contributed by atoms with Crippen LogP contribution in [-0.2, 0) is 0 Å². The molecular weight excluding hydrogens is 322 g/mol. The lowest BCUT2D eigenvalue weighted by Gasteiger charge is -2.26. The van der Waals surface area contributed by atoms with Gasteiger partial charge in [0.05, 0.1) is 5.56 Å². The van der Waals surface area contributed by atoms with Crippen LogP contribution in [0.1, 0.15) is 64.4 Å². The molecule has 3 heteroatoms. The number of amides is 1. The molecule has 1 aliphatic carbocycles. The molecule has 2 aromatic carbocycles. The van der Waals surface area contributed by atoms with Gasteiger partial charge >= 0.3 is 0 Å². The number of nitrogens with one attached hydrogen (secondary N) is 1. The number of rotatable bonds is 5. The summed E-state index contributed by atoms with van der Waals surface area (Å²) in [6, 6.07) is 14.5. The molecule has 3 nitrogen and oxygen atoms in total. The second-order valence-corrected chi connectivity index (χ2v) is 7.58. The Morgan fingerprint density at radius 3 is 2.19 bits per heavy atom. The highest BCUT2D eigenvalue weighted by Gasteiger charge is 2.21. The molecule has 26 heavy (non-hydrogen) atoms. The first-order chi connectivity index (χ1) is 12.5. The zero-order valence-corrected chi connectivity index (χ0v) is 15.6. The fourth-order valence-electron chi connectivity index (χ4n) is 3.61. The van der Waals surface area contributed by atoms with Gasteiger partial charge in [-0.25, -0.2) is 0 Å². The number of hydrogen-bond donors (Lipinski definition) is 1. The molecule has 0 saturated heterocycles. The Kier molecular flexibility index (Phi) is 5.87. The third-order valence-corrected chi connectivity index (χ3v) is 5.42. The van der Waals surface area contributed by atoms with E-state index in [-0.39, 0.29) is 11.7 Å². The largest absolute Gasteiger partial charge is 0.352 e. The Labute approximate surface area is 155 Å². The standard InChI is InChI=1S/C23H27NO2/c1-16-7-11-18(12-8-16)15-24-23(26)21-6-4-3-5-20(21)22(25)19-13-9-17(2)10-14-19/h3-6,9-10,13-14,16,18H,7-8,11-12,15H2,1-2H3,(H,24,26). The molecule has 0 heterocycles. The van der Waals surface area contributed by atoms with E-state index in [0.717, 1.165) is 11.5 Å². The predicted molar refractivity (Wildman–Crippen MR) is 105 cm³/mol. The Bertz CT molecular complexity index is 771. The second kappa shape index (κ2) is 8.31. The highest BCUT2D eigenvalue weighted by molar-refractivity contribution is 6.15. The minimum atomic E-state index is -0.153. The highest BCUT2D eigenvalue weighted by Crippen LogP contribution is 2.27. The summed E-state index contributed by atoms with van der Waals surface area (Å²) in [7, 11) is 0. The van der Waals surface area contributed by atoms with E-state index in [4.69, 9.17) is 0 Å². The molecule has 1 amide bonds. The van der Waals surface area contributed by atoms with E-state index in [9.17, 15) is 9.59 Å². The molecule has 1 fully saturated rings. The van der Waals surface area contributed by atoms with Crippen LogP contribution in [0.4, 0.5) is 0 Å². The van der Waals surface area contributed by atoms with Crippen molar-refractivity contribution in [2.45, 2.75) is 39.5 Å². The van der Waals surface area contributed by atoms with Crippen molar-refractivity contribution in [3.05, 3.63) is 70.8 Å². The lowest BCUT2D eigenvalue weighted by Crippen LogP contribution is -2.32. The Morgan fingerprint density at radius 1 is 0.923 bits per heavy atom. The van der Waals surface area contributed by atoms with Gasteiger partial charge in [-0.05, 0) is 37.7 Å². The number of aryl methyl sites for hydroxylation is 1. The fourth-order valence-corrected chi connectivity index (χ4v) is 3.61. The molecule has 0 atom stereocenters. The van der Waals surface area contributed by atoms with Crippen LogP contribution < -0.4 is 5.32 Å². The van der Waals surface area contributed by atoms with Crippen molar-refractivity contribution in [3.8, 4) is 0 Å². The monoisotopic (exact) mass is 349 g/mol. The zero-order valence-electron chi connectivity index (χ0n) is 15.6. The van der Waals surface area contributed by atoms with Gasteiger partial charge in [0.2, 0.25) is 0 Å². The molecule has 1 saturated carbocycles. The van der Waals surface area contributed by atoms with Gasteiger partial charge in [0.15, 0.2) is 5.78 Å². The van der Waals surface area contributed by atoms with Crippen LogP contribution in [0, 0.1) is 18.8 Å². The zero-order chi connectivity index (χ0) is 18.5. The Balaban J connectivity index is 1.71. The molecule has 0 aromatic heterocycles. The van der Waals surface area contributed by atoms with Gasteiger partial charge in [0.25, 0.3) is 5.91 Å². The molecule has 0 unspecified atom stereocenters. The summed E-state index contributed by atoms with van der Waals surface area (Å²) in [4.78, 5) is 25.5. The molecule has 1 aliphatic rings. The normalized spacial score (nSPS) is 19.8. The third-order valence-electron chi connectivity index (χ3n) is 5.42. The van der Waals surface area contributed by atoms with Gasteiger partial charge < -0.3 is 5.32 Å². The molecule has 0 spiro atoms. The lowest BCUT2D eigenvalue weighted by molar-refractivity contribution is 0.0931. The van der Waals surface area contributed by atoms with E-state index >= 15 is 0 Å². The molecule has 0 radical (unpaired) electrons. The fraction of sp³-hybridized carbons (Fsp3) is 0.391. The summed E-state index contributed by atoms with van der Waals surface area (Å²) in [6.45, 7) is 4.97. The van der Waals surface area contributed by atoms with Crippen molar-refractivity contribution >= 4 is 11.7 Å². The van der Waals surface area contributed by atoms with Crippen molar-refractivity contribution < 1.29 is 9.59 Å². The maximum Gasteiger partial charge on any atom is 0.252 e. The molecule has 3 rings (SSSR count).